The molecule has 0 saturated heterocycles. The number of nitrogens with one attached hydrogen (secondary N) is 1. The van der Waals surface area contributed by atoms with Crippen LogP contribution in [-0.4, -0.2) is 20.9 Å². The van der Waals surface area contributed by atoms with Crippen molar-refractivity contribution in [3.05, 3.63) is 29.8 Å². The van der Waals surface area contributed by atoms with Gasteiger partial charge in [-0.2, -0.15) is 0 Å². The topological polar surface area (TPSA) is 89.3 Å². The third kappa shape index (κ3) is 6.27. The van der Waals surface area contributed by atoms with Gasteiger partial charge in [-0.05, 0) is 36.0 Å². The van der Waals surface area contributed by atoms with E-state index in [-0.39, 0.29) is 16.2 Å². The van der Waals surface area contributed by atoms with Gasteiger partial charge in [0.15, 0.2) is 0 Å². The second kappa shape index (κ2) is 7.04. The standard InChI is InChI=1S/C15H24N2O3S/c1-4-15(2,3)11-17-14(18)10-7-12-5-8-13(9-6-12)21(16,19)20/h5-6,8-9H,4,7,10-11H2,1-3H3,(H,17,18)(H2,16,19,20). The van der Waals surface area contributed by atoms with Crippen LogP contribution in [0.1, 0.15) is 39.2 Å². The number of amides is 1. The first-order chi connectivity index (χ1) is 9.64. The van der Waals surface area contributed by atoms with Crippen LogP contribution in [0.3, 0.4) is 0 Å². The summed E-state index contributed by atoms with van der Waals surface area (Å²) in [5.74, 6) is 0.00653. The lowest BCUT2D eigenvalue weighted by atomic mass is 9.90. The summed E-state index contributed by atoms with van der Waals surface area (Å²) in [6.45, 7) is 6.98. The Morgan fingerprint density at radius 2 is 1.81 bits per heavy atom. The molecule has 0 radical (unpaired) electrons. The third-order valence-corrected chi connectivity index (χ3v) is 4.54. The number of carbonyl (C=O) groups excluding carboxylic acids is 1. The van der Waals surface area contributed by atoms with Crippen molar-refractivity contribution in [3.63, 3.8) is 0 Å². The molecule has 0 bridgehead atoms. The molecule has 1 aromatic rings. The molecule has 0 aliphatic carbocycles. The Labute approximate surface area is 127 Å². The average Bonchev–Trinajstić information content (AvgIpc) is 2.42. The predicted octanol–water partition coefficient (Wildman–Crippen LogP) is 1.82. The van der Waals surface area contributed by atoms with E-state index in [0.717, 1.165) is 12.0 Å². The number of primary sulfonamides is 1. The van der Waals surface area contributed by atoms with Gasteiger partial charge in [-0.15, -0.1) is 0 Å². The zero-order chi connectivity index (χ0) is 16.1. The highest BCUT2D eigenvalue weighted by Gasteiger charge is 2.16. The molecule has 6 heteroatoms. The van der Waals surface area contributed by atoms with Crippen LogP contribution in [0.4, 0.5) is 0 Å². The van der Waals surface area contributed by atoms with Crippen molar-refractivity contribution in [1.29, 1.82) is 0 Å². The van der Waals surface area contributed by atoms with E-state index in [0.29, 0.717) is 19.4 Å². The molecule has 1 aromatic carbocycles. The molecule has 1 amide bonds. The van der Waals surface area contributed by atoms with Crippen LogP contribution >= 0.6 is 0 Å². The maximum absolute atomic E-state index is 11.8. The van der Waals surface area contributed by atoms with E-state index in [1.54, 1.807) is 12.1 Å². The van der Waals surface area contributed by atoms with Gasteiger partial charge in [0, 0.05) is 13.0 Å². The van der Waals surface area contributed by atoms with Crippen LogP contribution in [-0.2, 0) is 21.2 Å². The van der Waals surface area contributed by atoms with Gasteiger partial charge in [-0.25, -0.2) is 13.6 Å². The van der Waals surface area contributed by atoms with Crippen LogP contribution in [0, 0.1) is 5.41 Å². The van der Waals surface area contributed by atoms with E-state index in [1.165, 1.54) is 12.1 Å². The summed E-state index contributed by atoms with van der Waals surface area (Å²) in [5.41, 5.74) is 1.01. The third-order valence-electron chi connectivity index (χ3n) is 3.61. The number of rotatable bonds is 7. The highest BCUT2D eigenvalue weighted by Crippen LogP contribution is 2.17. The van der Waals surface area contributed by atoms with Crippen LogP contribution in [0.15, 0.2) is 29.2 Å². The summed E-state index contributed by atoms with van der Waals surface area (Å²) in [7, 11) is -3.66. The Morgan fingerprint density at radius 1 is 1.24 bits per heavy atom. The fourth-order valence-corrected chi connectivity index (χ4v) is 2.17. The van der Waals surface area contributed by atoms with E-state index in [2.05, 4.69) is 26.1 Å². The summed E-state index contributed by atoms with van der Waals surface area (Å²) < 4.78 is 22.3. The van der Waals surface area contributed by atoms with E-state index in [1.807, 2.05) is 0 Å². The van der Waals surface area contributed by atoms with Gasteiger partial charge in [0.1, 0.15) is 0 Å². The molecule has 3 N–H and O–H groups in total. The minimum Gasteiger partial charge on any atom is -0.356 e. The van der Waals surface area contributed by atoms with Gasteiger partial charge in [-0.1, -0.05) is 32.9 Å². The van der Waals surface area contributed by atoms with Gasteiger partial charge in [-0.3, -0.25) is 4.79 Å². The van der Waals surface area contributed by atoms with Crippen molar-refractivity contribution >= 4 is 15.9 Å². The molecule has 1 rings (SSSR count). The van der Waals surface area contributed by atoms with Crippen molar-refractivity contribution in [1.82, 2.24) is 5.32 Å². The number of sulfonamides is 1. The number of benzene rings is 1. The van der Waals surface area contributed by atoms with Crippen molar-refractivity contribution in [2.75, 3.05) is 6.54 Å². The molecule has 0 spiro atoms. The first-order valence-corrected chi connectivity index (χ1v) is 8.57. The van der Waals surface area contributed by atoms with Crippen LogP contribution in [0.2, 0.25) is 0 Å². The number of hydrogen-bond acceptors (Lipinski definition) is 3. The minimum atomic E-state index is -3.66. The fourth-order valence-electron chi connectivity index (χ4n) is 1.65. The monoisotopic (exact) mass is 312 g/mol. The molecule has 0 aromatic heterocycles. The second-order valence-corrected chi connectivity index (χ2v) is 7.54. The van der Waals surface area contributed by atoms with Crippen LogP contribution < -0.4 is 10.5 Å². The lowest BCUT2D eigenvalue weighted by Gasteiger charge is -2.22. The van der Waals surface area contributed by atoms with Gasteiger partial charge in [0.2, 0.25) is 15.9 Å². The molecule has 0 aliphatic rings. The molecule has 0 fully saturated rings. The summed E-state index contributed by atoms with van der Waals surface area (Å²) in [4.78, 5) is 11.9. The molecule has 0 heterocycles. The summed E-state index contributed by atoms with van der Waals surface area (Å²) in [6, 6.07) is 6.29. The summed E-state index contributed by atoms with van der Waals surface area (Å²) in [6.07, 6.45) is 1.96. The van der Waals surface area contributed by atoms with Gasteiger partial charge in [0.25, 0.3) is 0 Å². The molecule has 0 unspecified atom stereocenters. The zero-order valence-corrected chi connectivity index (χ0v) is 13.7. The van der Waals surface area contributed by atoms with Gasteiger partial charge < -0.3 is 5.32 Å². The number of nitrogens with two attached hydrogens (primary N) is 1. The van der Waals surface area contributed by atoms with Crippen molar-refractivity contribution < 1.29 is 13.2 Å². The van der Waals surface area contributed by atoms with Crippen molar-refractivity contribution in [2.45, 2.75) is 44.9 Å². The van der Waals surface area contributed by atoms with E-state index in [4.69, 9.17) is 5.14 Å². The van der Waals surface area contributed by atoms with E-state index >= 15 is 0 Å². The first-order valence-electron chi connectivity index (χ1n) is 7.02. The lowest BCUT2D eigenvalue weighted by molar-refractivity contribution is -0.121. The second-order valence-electron chi connectivity index (χ2n) is 5.98. The Hall–Kier alpha value is -1.40. The SMILES string of the molecule is CCC(C)(C)CNC(=O)CCc1ccc(S(N)(=O)=O)cc1. The lowest BCUT2D eigenvalue weighted by Crippen LogP contribution is -2.33. The smallest absolute Gasteiger partial charge is 0.238 e. The summed E-state index contributed by atoms with van der Waals surface area (Å²) >= 11 is 0. The molecule has 0 saturated carbocycles. The predicted molar refractivity (Wildman–Crippen MR) is 83.2 cm³/mol. The number of carbonyl (C=O) groups is 1. The maximum atomic E-state index is 11.8. The Kier molecular flexibility index (Phi) is 5.92. The Bertz CT molecular complexity index is 577. The molecular formula is C15H24N2O3S. The molecule has 0 atom stereocenters. The van der Waals surface area contributed by atoms with E-state index in [9.17, 15) is 13.2 Å². The summed E-state index contributed by atoms with van der Waals surface area (Å²) in [5, 5.41) is 7.96. The number of aryl methyl sites for hydroxylation is 1. The van der Waals surface area contributed by atoms with Crippen LogP contribution in [0.5, 0.6) is 0 Å². The highest BCUT2D eigenvalue weighted by atomic mass is 32.2. The quantitative estimate of drug-likeness (QED) is 0.804. The maximum Gasteiger partial charge on any atom is 0.238 e. The molecular weight excluding hydrogens is 288 g/mol. The molecule has 0 aliphatic heterocycles. The van der Waals surface area contributed by atoms with Crippen LogP contribution in [0.25, 0.3) is 0 Å². The molecule has 5 nitrogen and oxygen atoms in total. The largest absolute Gasteiger partial charge is 0.356 e. The number of hydrogen-bond donors (Lipinski definition) is 2. The Morgan fingerprint density at radius 3 is 2.29 bits per heavy atom. The molecule has 118 valence electrons. The average molecular weight is 312 g/mol. The minimum absolute atomic E-state index is 0.00653. The molecule has 21 heavy (non-hydrogen) atoms. The van der Waals surface area contributed by atoms with Crippen molar-refractivity contribution in [2.24, 2.45) is 10.6 Å². The Balaban J connectivity index is 2.47. The van der Waals surface area contributed by atoms with Gasteiger partial charge >= 0.3 is 0 Å². The fraction of sp³-hybridized carbons (Fsp3) is 0.533. The highest BCUT2D eigenvalue weighted by molar-refractivity contribution is 7.89. The zero-order valence-electron chi connectivity index (χ0n) is 12.8. The van der Waals surface area contributed by atoms with E-state index < -0.39 is 10.0 Å². The normalized spacial score (nSPS) is 12.2. The first kappa shape index (κ1) is 17.7. The van der Waals surface area contributed by atoms with Crippen molar-refractivity contribution in [3.8, 4) is 0 Å². The van der Waals surface area contributed by atoms with Gasteiger partial charge in [0.05, 0.1) is 4.90 Å².